The molecule has 1 N–H and O–H groups in total. The lowest BCUT2D eigenvalue weighted by atomic mass is 9.95. The number of hydrogen-bond donors (Lipinski definition) is 1. The SMILES string of the molecule is O=C(NCCN1CCC(N(C2CC2)S(=O)(=O)c2cccc(C(F)(F)F)c2)CC1)c1ccccc1-c1cc(C(F)(F)F)cc(C(F)(F)F)c1. The van der Waals surface area contributed by atoms with Gasteiger partial charge in [0, 0.05) is 30.7 Å². The standard InChI is InChI=1S/C32H30F9N3O3S/c33-30(34,35)21-4-3-5-26(19-21)48(46,47)44(24-8-9-24)25-10-13-43(14-11-25)15-12-42-29(45)28-7-2-1-6-27(28)20-16-22(31(36,37)38)18-23(17-20)32(39,40)41/h1-7,16-19,24-25H,8-15H2,(H,42,45). The predicted octanol–water partition coefficient (Wildman–Crippen LogP) is 7.46. The number of piperidine rings is 1. The number of carbonyl (C=O) groups is 1. The number of halogens is 9. The molecule has 0 unspecified atom stereocenters. The summed E-state index contributed by atoms with van der Waals surface area (Å²) in [5, 5.41) is 2.65. The Hall–Kier alpha value is -3.63. The highest BCUT2D eigenvalue weighted by Crippen LogP contribution is 2.40. The van der Waals surface area contributed by atoms with E-state index in [2.05, 4.69) is 5.32 Å². The first-order chi connectivity index (χ1) is 22.4. The molecule has 48 heavy (non-hydrogen) atoms. The zero-order valence-corrected chi connectivity index (χ0v) is 25.9. The van der Waals surface area contributed by atoms with Gasteiger partial charge in [0.2, 0.25) is 10.0 Å². The molecule has 5 rings (SSSR count). The van der Waals surface area contributed by atoms with E-state index in [1.165, 1.54) is 28.6 Å². The Morgan fingerprint density at radius 3 is 1.85 bits per heavy atom. The lowest BCUT2D eigenvalue weighted by Crippen LogP contribution is -2.49. The molecule has 1 amide bonds. The summed E-state index contributed by atoms with van der Waals surface area (Å²) in [4.78, 5) is 14.6. The third-order valence-corrected chi connectivity index (χ3v) is 10.3. The number of amides is 1. The monoisotopic (exact) mass is 707 g/mol. The number of hydrogen-bond acceptors (Lipinski definition) is 4. The van der Waals surface area contributed by atoms with Crippen molar-refractivity contribution in [3.8, 4) is 11.1 Å². The van der Waals surface area contributed by atoms with Crippen molar-refractivity contribution in [2.75, 3.05) is 26.2 Å². The van der Waals surface area contributed by atoms with E-state index in [4.69, 9.17) is 0 Å². The van der Waals surface area contributed by atoms with Gasteiger partial charge in [-0.25, -0.2) is 8.42 Å². The first-order valence-corrected chi connectivity index (χ1v) is 16.4. The van der Waals surface area contributed by atoms with E-state index in [-0.39, 0.29) is 29.8 Å². The highest BCUT2D eigenvalue weighted by Gasteiger charge is 2.44. The molecule has 260 valence electrons. The minimum atomic E-state index is -5.06. The summed E-state index contributed by atoms with van der Waals surface area (Å²) in [5.74, 6) is -0.710. The van der Waals surface area contributed by atoms with Crippen LogP contribution in [0.25, 0.3) is 11.1 Å². The molecule has 0 atom stereocenters. The van der Waals surface area contributed by atoms with Gasteiger partial charge in [-0.05, 0) is 92.4 Å². The Morgan fingerprint density at radius 2 is 1.29 bits per heavy atom. The van der Waals surface area contributed by atoms with Crippen LogP contribution in [0.3, 0.4) is 0 Å². The zero-order chi connectivity index (χ0) is 35.1. The summed E-state index contributed by atoms with van der Waals surface area (Å²) >= 11 is 0. The van der Waals surface area contributed by atoms with Crippen LogP contribution in [0.2, 0.25) is 0 Å². The van der Waals surface area contributed by atoms with Crippen molar-refractivity contribution in [2.24, 2.45) is 0 Å². The smallest absolute Gasteiger partial charge is 0.351 e. The van der Waals surface area contributed by atoms with Crippen molar-refractivity contribution in [1.29, 1.82) is 0 Å². The molecule has 1 heterocycles. The fourth-order valence-corrected chi connectivity index (χ4v) is 7.81. The quantitative estimate of drug-likeness (QED) is 0.235. The average molecular weight is 708 g/mol. The number of carbonyl (C=O) groups excluding carboxylic acids is 1. The summed E-state index contributed by atoms with van der Waals surface area (Å²) < 4.78 is 149. The topological polar surface area (TPSA) is 69.7 Å². The Morgan fingerprint density at radius 1 is 0.729 bits per heavy atom. The minimum Gasteiger partial charge on any atom is -0.351 e. The van der Waals surface area contributed by atoms with Gasteiger partial charge in [0.25, 0.3) is 5.91 Å². The predicted molar refractivity (Wildman–Crippen MR) is 157 cm³/mol. The second kappa shape index (κ2) is 13.3. The molecule has 16 heteroatoms. The zero-order valence-electron chi connectivity index (χ0n) is 25.1. The molecule has 2 aliphatic rings. The van der Waals surface area contributed by atoms with E-state index in [0.29, 0.717) is 63.5 Å². The molecule has 3 aromatic rings. The fraction of sp³-hybridized carbons (Fsp3) is 0.406. The van der Waals surface area contributed by atoms with Crippen molar-refractivity contribution in [1.82, 2.24) is 14.5 Å². The molecular formula is C32H30F9N3O3S. The Balaban J connectivity index is 1.22. The van der Waals surface area contributed by atoms with Crippen LogP contribution in [-0.2, 0) is 28.6 Å². The lowest BCUT2D eigenvalue weighted by Gasteiger charge is -2.38. The number of nitrogens with one attached hydrogen (secondary N) is 1. The first kappa shape index (κ1) is 35.7. The molecule has 1 saturated heterocycles. The van der Waals surface area contributed by atoms with Crippen molar-refractivity contribution in [2.45, 2.75) is 61.2 Å². The van der Waals surface area contributed by atoms with Crippen molar-refractivity contribution < 1.29 is 52.7 Å². The average Bonchev–Trinajstić information content (AvgIpc) is 3.85. The minimum absolute atomic E-state index is 0.0139. The van der Waals surface area contributed by atoms with Crippen LogP contribution in [0.15, 0.2) is 71.6 Å². The van der Waals surface area contributed by atoms with E-state index >= 15 is 0 Å². The molecular weight excluding hydrogens is 677 g/mol. The van der Waals surface area contributed by atoms with Crippen LogP contribution >= 0.6 is 0 Å². The Bertz CT molecular complexity index is 1710. The number of rotatable bonds is 9. The van der Waals surface area contributed by atoms with Crippen LogP contribution in [-0.4, -0.2) is 61.8 Å². The molecule has 1 aliphatic heterocycles. The lowest BCUT2D eigenvalue weighted by molar-refractivity contribution is -0.143. The number of alkyl halides is 9. The molecule has 0 radical (unpaired) electrons. The number of sulfonamides is 1. The molecule has 1 aliphatic carbocycles. The van der Waals surface area contributed by atoms with Gasteiger partial charge in [0.1, 0.15) is 0 Å². The van der Waals surface area contributed by atoms with Gasteiger partial charge < -0.3 is 10.2 Å². The van der Waals surface area contributed by atoms with Gasteiger partial charge in [-0.1, -0.05) is 24.3 Å². The van der Waals surface area contributed by atoms with Gasteiger partial charge in [0.15, 0.2) is 0 Å². The van der Waals surface area contributed by atoms with Crippen LogP contribution in [0.4, 0.5) is 39.5 Å². The van der Waals surface area contributed by atoms with Crippen molar-refractivity contribution >= 4 is 15.9 Å². The molecule has 6 nitrogen and oxygen atoms in total. The third-order valence-electron chi connectivity index (χ3n) is 8.34. The van der Waals surface area contributed by atoms with E-state index in [0.717, 1.165) is 18.2 Å². The second-order valence-corrected chi connectivity index (χ2v) is 13.6. The summed E-state index contributed by atoms with van der Waals surface area (Å²) in [6.07, 6.45) is -12.8. The maximum atomic E-state index is 13.5. The van der Waals surface area contributed by atoms with E-state index in [1.54, 1.807) is 0 Å². The first-order valence-electron chi connectivity index (χ1n) is 15.0. The Labute approximate surface area is 270 Å². The van der Waals surface area contributed by atoms with E-state index < -0.39 is 67.7 Å². The maximum absolute atomic E-state index is 13.5. The molecule has 3 aromatic carbocycles. The van der Waals surface area contributed by atoms with Crippen molar-refractivity contribution in [3.05, 3.63) is 89.0 Å². The molecule has 0 aromatic heterocycles. The number of benzene rings is 3. The fourth-order valence-electron chi connectivity index (χ4n) is 5.84. The summed E-state index contributed by atoms with van der Waals surface area (Å²) in [6, 6.07) is 9.43. The van der Waals surface area contributed by atoms with Gasteiger partial charge in [-0.2, -0.15) is 43.8 Å². The highest BCUT2D eigenvalue weighted by atomic mass is 32.2. The molecule has 2 fully saturated rings. The van der Waals surface area contributed by atoms with Gasteiger partial charge in [0.05, 0.1) is 21.6 Å². The van der Waals surface area contributed by atoms with Crippen LogP contribution in [0.1, 0.15) is 52.7 Å². The number of nitrogens with zero attached hydrogens (tertiary/aromatic N) is 2. The Kier molecular flexibility index (Phi) is 9.92. The van der Waals surface area contributed by atoms with E-state index in [9.17, 15) is 52.7 Å². The van der Waals surface area contributed by atoms with Crippen LogP contribution in [0.5, 0.6) is 0 Å². The van der Waals surface area contributed by atoms with Gasteiger partial charge >= 0.3 is 18.5 Å². The molecule has 1 saturated carbocycles. The largest absolute Gasteiger partial charge is 0.416 e. The van der Waals surface area contributed by atoms with Crippen molar-refractivity contribution in [3.63, 3.8) is 0 Å². The van der Waals surface area contributed by atoms with E-state index in [1.807, 2.05) is 4.90 Å². The van der Waals surface area contributed by atoms with Crippen LogP contribution < -0.4 is 5.32 Å². The molecule has 0 bridgehead atoms. The maximum Gasteiger partial charge on any atom is 0.416 e. The summed E-state index contributed by atoms with van der Waals surface area (Å²) in [6.45, 7) is 1.22. The highest BCUT2D eigenvalue weighted by molar-refractivity contribution is 7.89. The third kappa shape index (κ3) is 8.14. The summed E-state index contributed by atoms with van der Waals surface area (Å²) in [7, 11) is -4.21. The molecule has 0 spiro atoms. The number of likely N-dealkylation sites (tertiary alicyclic amines) is 1. The van der Waals surface area contributed by atoms with Gasteiger partial charge in [-0.3, -0.25) is 4.79 Å². The second-order valence-electron chi connectivity index (χ2n) is 11.8. The van der Waals surface area contributed by atoms with Crippen LogP contribution in [0, 0.1) is 0 Å². The summed E-state index contributed by atoms with van der Waals surface area (Å²) in [5.41, 5.74) is -4.73. The normalized spacial score (nSPS) is 17.1. The van der Waals surface area contributed by atoms with Gasteiger partial charge in [-0.15, -0.1) is 0 Å².